The molecule has 1 aliphatic heterocycles. The second-order valence-electron chi connectivity index (χ2n) is 11.8. The molecule has 1 saturated carbocycles. The smallest absolute Gasteiger partial charge is 0.333 e. The van der Waals surface area contributed by atoms with Crippen LogP contribution in [0.25, 0.3) is 5.69 Å². The van der Waals surface area contributed by atoms with Crippen LogP contribution in [-0.2, 0) is 17.9 Å². The molecule has 0 radical (unpaired) electrons. The van der Waals surface area contributed by atoms with Gasteiger partial charge in [0.2, 0.25) is 0 Å². The molecule has 1 fully saturated rings. The highest BCUT2D eigenvalue weighted by Gasteiger charge is 2.33. The molecule has 250 valence electrons. The van der Waals surface area contributed by atoms with Gasteiger partial charge < -0.3 is 25.4 Å². The molecule has 3 N–H and O–H groups in total. The average Bonchev–Trinajstić information content (AvgIpc) is 3.83. The van der Waals surface area contributed by atoms with E-state index < -0.39 is 35.5 Å². The molecular formula is C34H32BrClFN5O6. The first-order chi connectivity index (χ1) is 22.9. The van der Waals surface area contributed by atoms with Gasteiger partial charge in [0.1, 0.15) is 23.0 Å². The summed E-state index contributed by atoms with van der Waals surface area (Å²) >= 11 is 9.59. The number of halogens is 3. The highest BCUT2D eigenvalue weighted by atomic mass is 79.9. The second-order valence-corrected chi connectivity index (χ2v) is 13.0. The lowest BCUT2D eigenvalue weighted by atomic mass is 10.1. The lowest BCUT2D eigenvalue weighted by molar-refractivity contribution is -0.124. The summed E-state index contributed by atoms with van der Waals surface area (Å²) in [5, 5.41) is 3.20. The van der Waals surface area contributed by atoms with Crippen molar-refractivity contribution in [3.63, 3.8) is 0 Å². The number of carbonyl (C=O) groups is 3. The van der Waals surface area contributed by atoms with Crippen LogP contribution in [0.2, 0.25) is 5.02 Å². The standard InChI is InChI=1S/C34H32BrClFN5O6/c1-18(25-11-10-24(16-28(25)37)47-19(2)31(38)43)39-32(44)30-29-17-40(33(45)20-3-12-26(35)27(36)15-20)13-14-41(29)34(46)42(30)21-4-6-22(7-5-21)48-23-8-9-23/h3-7,10-12,15-16,18-19,23H,8-9,13-14,17H2,1-2H3,(H2,38,43)(H,39,44)/t18-,19-/m0/s1. The maximum atomic E-state index is 15.2. The molecule has 11 nitrogen and oxygen atoms in total. The topological polar surface area (TPSA) is 138 Å². The van der Waals surface area contributed by atoms with Crippen LogP contribution < -0.4 is 26.2 Å². The first kappa shape index (κ1) is 33.3. The fraction of sp³-hybridized carbons (Fsp3) is 0.294. The fourth-order valence-corrected chi connectivity index (χ4v) is 5.93. The minimum absolute atomic E-state index is 0.0182. The number of benzene rings is 3. The number of ether oxygens (including phenoxy) is 2. The van der Waals surface area contributed by atoms with E-state index in [4.69, 9.17) is 26.8 Å². The van der Waals surface area contributed by atoms with E-state index in [0.29, 0.717) is 32.2 Å². The number of hydrogen-bond acceptors (Lipinski definition) is 6. The van der Waals surface area contributed by atoms with Crippen LogP contribution in [0.15, 0.2) is 69.9 Å². The molecule has 2 atom stereocenters. The van der Waals surface area contributed by atoms with Gasteiger partial charge in [-0.15, -0.1) is 0 Å². The minimum Gasteiger partial charge on any atom is -0.490 e. The molecule has 2 aliphatic rings. The first-order valence-corrected chi connectivity index (χ1v) is 16.5. The number of fused-ring (bicyclic) bond motifs is 1. The van der Waals surface area contributed by atoms with Crippen LogP contribution in [0.1, 0.15) is 64.8 Å². The lowest BCUT2D eigenvalue weighted by Gasteiger charge is -2.28. The van der Waals surface area contributed by atoms with Crippen LogP contribution in [-0.4, -0.2) is 50.5 Å². The maximum absolute atomic E-state index is 15.2. The van der Waals surface area contributed by atoms with Gasteiger partial charge in [-0.3, -0.25) is 23.5 Å². The number of nitrogens with two attached hydrogens (primary N) is 1. The number of nitrogens with zero attached hydrogens (tertiary/aromatic N) is 3. The molecule has 48 heavy (non-hydrogen) atoms. The van der Waals surface area contributed by atoms with Crippen molar-refractivity contribution < 1.29 is 28.2 Å². The second kappa shape index (κ2) is 13.5. The van der Waals surface area contributed by atoms with Crippen LogP contribution in [0.5, 0.6) is 11.5 Å². The van der Waals surface area contributed by atoms with Gasteiger partial charge in [-0.1, -0.05) is 17.7 Å². The first-order valence-electron chi connectivity index (χ1n) is 15.3. The fourth-order valence-electron chi connectivity index (χ4n) is 5.51. The summed E-state index contributed by atoms with van der Waals surface area (Å²) in [4.78, 5) is 54.5. The Kier molecular flexibility index (Phi) is 9.35. The molecular weight excluding hydrogens is 709 g/mol. The number of imidazole rings is 1. The summed E-state index contributed by atoms with van der Waals surface area (Å²) < 4.78 is 29.9. The van der Waals surface area contributed by atoms with Gasteiger partial charge in [0.25, 0.3) is 17.7 Å². The molecule has 1 aliphatic carbocycles. The number of aromatic nitrogens is 2. The Morgan fingerprint density at radius 2 is 1.73 bits per heavy atom. The number of hydrogen-bond donors (Lipinski definition) is 2. The number of rotatable bonds is 10. The molecule has 3 aromatic carbocycles. The number of carbonyl (C=O) groups excluding carboxylic acids is 3. The van der Waals surface area contributed by atoms with Crippen LogP contribution in [0, 0.1) is 5.82 Å². The molecule has 14 heteroatoms. The third-order valence-electron chi connectivity index (χ3n) is 8.27. The predicted octanol–water partition coefficient (Wildman–Crippen LogP) is 5.13. The van der Waals surface area contributed by atoms with Gasteiger partial charge in [0, 0.05) is 34.8 Å². The van der Waals surface area contributed by atoms with Crippen molar-refractivity contribution in [3.8, 4) is 17.2 Å². The SMILES string of the molecule is C[C@H](Oc1ccc([C@H](C)NC(=O)c2c3n(c(=O)n2-c2ccc(OC4CC4)cc2)CCN(C(=O)c2ccc(Br)c(Cl)c2)C3)c(F)c1)C(N)=O. The van der Waals surface area contributed by atoms with Gasteiger partial charge in [-0.2, -0.15) is 0 Å². The van der Waals surface area contributed by atoms with Crippen LogP contribution in [0.4, 0.5) is 4.39 Å². The predicted molar refractivity (Wildman–Crippen MR) is 179 cm³/mol. The van der Waals surface area contributed by atoms with Crippen molar-refractivity contribution in [2.24, 2.45) is 5.73 Å². The quantitative estimate of drug-likeness (QED) is 0.231. The van der Waals surface area contributed by atoms with Crippen molar-refractivity contribution in [3.05, 3.63) is 109 Å². The van der Waals surface area contributed by atoms with Crippen LogP contribution in [0.3, 0.4) is 0 Å². The summed E-state index contributed by atoms with van der Waals surface area (Å²) in [5.74, 6) is -1.59. The summed E-state index contributed by atoms with van der Waals surface area (Å²) in [6, 6.07) is 14.9. The zero-order valence-corrected chi connectivity index (χ0v) is 28.4. The van der Waals surface area contributed by atoms with Crippen molar-refractivity contribution in [2.45, 2.75) is 58.0 Å². The van der Waals surface area contributed by atoms with Crippen molar-refractivity contribution in [1.82, 2.24) is 19.4 Å². The molecule has 0 saturated heterocycles. The highest BCUT2D eigenvalue weighted by molar-refractivity contribution is 9.10. The highest BCUT2D eigenvalue weighted by Crippen LogP contribution is 2.30. The summed E-state index contributed by atoms with van der Waals surface area (Å²) in [7, 11) is 0. The molecule has 1 aromatic heterocycles. The van der Waals surface area contributed by atoms with Gasteiger partial charge >= 0.3 is 5.69 Å². The van der Waals surface area contributed by atoms with E-state index in [1.165, 1.54) is 28.2 Å². The zero-order chi connectivity index (χ0) is 34.3. The molecule has 0 spiro atoms. The Balaban J connectivity index is 1.33. The van der Waals surface area contributed by atoms with E-state index in [1.54, 1.807) is 54.3 Å². The Morgan fingerprint density at radius 1 is 1.02 bits per heavy atom. The van der Waals surface area contributed by atoms with E-state index in [1.807, 2.05) is 0 Å². The van der Waals surface area contributed by atoms with Crippen LogP contribution >= 0.6 is 27.5 Å². The summed E-state index contributed by atoms with van der Waals surface area (Å²) in [6.45, 7) is 3.39. The van der Waals surface area contributed by atoms with Gasteiger partial charge in [0.05, 0.1) is 35.1 Å². The van der Waals surface area contributed by atoms with E-state index in [2.05, 4.69) is 21.2 Å². The lowest BCUT2D eigenvalue weighted by Crippen LogP contribution is -2.41. The normalized spacial score (nSPS) is 15.3. The molecule has 0 unspecified atom stereocenters. The van der Waals surface area contributed by atoms with Gasteiger partial charge in [-0.25, -0.2) is 9.18 Å². The third-order valence-corrected chi connectivity index (χ3v) is 9.50. The minimum atomic E-state index is -0.966. The Labute approximate surface area is 288 Å². The summed E-state index contributed by atoms with van der Waals surface area (Å²) in [5.41, 5.74) is 6.07. The summed E-state index contributed by atoms with van der Waals surface area (Å²) in [6.07, 6.45) is 1.19. The van der Waals surface area contributed by atoms with Crippen molar-refractivity contribution in [1.29, 1.82) is 0 Å². The largest absolute Gasteiger partial charge is 0.490 e. The molecule has 2 heterocycles. The van der Waals surface area contributed by atoms with Gasteiger partial charge in [-0.05, 0) is 91.1 Å². The maximum Gasteiger partial charge on any atom is 0.333 e. The number of amides is 3. The van der Waals surface area contributed by atoms with E-state index in [9.17, 15) is 19.2 Å². The Bertz CT molecular complexity index is 1980. The Morgan fingerprint density at radius 3 is 2.38 bits per heavy atom. The third kappa shape index (κ3) is 6.83. The van der Waals surface area contributed by atoms with E-state index in [-0.39, 0.29) is 48.7 Å². The molecule has 0 bridgehead atoms. The number of primary amides is 1. The average molecular weight is 741 g/mol. The van der Waals surface area contributed by atoms with E-state index in [0.717, 1.165) is 18.9 Å². The van der Waals surface area contributed by atoms with E-state index >= 15 is 4.39 Å². The zero-order valence-electron chi connectivity index (χ0n) is 26.0. The molecule has 4 aromatic rings. The monoisotopic (exact) mass is 739 g/mol. The molecule has 6 rings (SSSR count). The van der Waals surface area contributed by atoms with Gasteiger partial charge in [0.15, 0.2) is 6.10 Å². The van der Waals surface area contributed by atoms with Crippen molar-refractivity contribution >= 4 is 45.3 Å². The Hall–Kier alpha value is -4.62. The number of nitrogens with one attached hydrogen (secondary N) is 1. The van der Waals surface area contributed by atoms with Crippen molar-refractivity contribution in [2.75, 3.05) is 6.54 Å². The molecule has 3 amide bonds.